The van der Waals surface area contributed by atoms with E-state index in [0.717, 1.165) is 41.5 Å². The summed E-state index contributed by atoms with van der Waals surface area (Å²) >= 11 is 0. The van der Waals surface area contributed by atoms with Gasteiger partial charge in [0, 0.05) is 6.04 Å². The third-order valence-electron chi connectivity index (χ3n) is 11.0. The molecule has 4 rings (SSSR count). The summed E-state index contributed by atoms with van der Waals surface area (Å²) < 4.78 is 0. The topological polar surface area (TPSA) is 3.24 Å². The Morgan fingerprint density at radius 3 is 2.43 bits per heavy atom. The summed E-state index contributed by atoms with van der Waals surface area (Å²) in [5.74, 6) is 5.71. The van der Waals surface area contributed by atoms with Gasteiger partial charge in [-0.1, -0.05) is 65.5 Å². The second-order valence-corrected chi connectivity index (χ2v) is 13.1. The zero-order valence-electron chi connectivity index (χ0n) is 21.3. The van der Waals surface area contributed by atoms with Crippen LogP contribution < -0.4 is 0 Å². The molecule has 1 nitrogen and oxygen atoms in total. The van der Waals surface area contributed by atoms with Gasteiger partial charge in [-0.25, -0.2) is 0 Å². The van der Waals surface area contributed by atoms with Crippen molar-refractivity contribution in [2.45, 2.75) is 111 Å². The fourth-order valence-corrected chi connectivity index (χ4v) is 9.11. The first kappa shape index (κ1) is 22.9. The summed E-state index contributed by atoms with van der Waals surface area (Å²) in [6, 6.07) is 0.775. The SMILES string of the molecule is CC(C)CCC[C@@H](C)[C@H]1CC[C@H]2[C@@H]3CC=C4C[C@@H](N(C)C)CC[C@]4(C)C3CC[C@]12C. The van der Waals surface area contributed by atoms with Crippen molar-refractivity contribution in [1.29, 1.82) is 0 Å². The summed E-state index contributed by atoms with van der Waals surface area (Å²) in [4.78, 5) is 2.48. The van der Waals surface area contributed by atoms with E-state index < -0.39 is 0 Å². The van der Waals surface area contributed by atoms with E-state index in [-0.39, 0.29) is 0 Å². The van der Waals surface area contributed by atoms with E-state index in [0.29, 0.717) is 10.8 Å². The lowest BCUT2D eigenvalue weighted by Crippen LogP contribution is -2.51. The van der Waals surface area contributed by atoms with E-state index in [9.17, 15) is 0 Å². The lowest BCUT2D eigenvalue weighted by Gasteiger charge is -2.59. The molecule has 4 aliphatic rings. The zero-order valence-corrected chi connectivity index (χ0v) is 21.3. The van der Waals surface area contributed by atoms with Crippen LogP contribution in [0.15, 0.2) is 11.6 Å². The van der Waals surface area contributed by atoms with Gasteiger partial charge in [-0.2, -0.15) is 0 Å². The van der Waals surface area contributed by atoms with Crippen molar-refractivity contribution in [2.24, 2.45) is 46.3 Å². The van der Waals surface area contributed by atoms with E-state index >= 15 is 0 Å². The van der Waals surface area contributed by atoms with Crippen molar-refractivity contribution in [3.05, 3.63) is 11.6 Å². The van der Waals surface area contributed by atoms with Gasteiger partial charge in [0.15, 0.2) is 0 Å². The number of hydrogen-bond acceptors (Lipinski definition) is 1. The lowest BCUT2D eigenvalue weighted by molar-refractivity contribution is -0.0535. The Hall–Kier alpha value is -0.300. The molecule has 0 aromatic heterocycles. The van der Waals surface area contributed by atoms with Crippen molar-refractivity contribution < 1.29 is 0 Å². The number of fused-ring (bicyclic) bond motifs is 5. The Morgan fingerprint density at radius 1 is 0.967 bits per heavy atom. The average Bonchev–Trinajstić information content (AvgIpc) is 3.04. The number of hydrogen-bond donors (Lipinski definition) is 0. The molecular formula is C29H51N. The second-order valence-electron chi connectivity index (χ2n) is 13.1. The minimum absolute atomic E-state index is 0.512. The highest BCUT2D eigenvalue weighted by atomic mass is 15.1. The maximum atomic E-state index is 2.75. The van der Waals surface area contributed by atoms with E-state index in [1.807, 2.05) is 5.57 Å². The van der Waals surface area contributed by atoms with Crippen molar-refractivity contribution in [3.63, 3.8) is 0 Å². The first-order valence-electron chi connectivity index (χ1n) is 13.5. The molecule has 0 heterocycles. The first-order chi connectivity index (χ1) is 14.2. The van der Waals surface area contributed by atoms with Crippen LogP contribution in [-0.4, -0.2) is 25.0 Å². The van der Waals surface area contributed by atoms with Gasteiger partial charge in [0.2, 0.25) is 0 Å². The van der Waals surface area contributed by atoms with E-state index in [4.69, 9.17) is 0 Å². The molecule has 4 aliphatic carbocycles. The van der Waals surface area contributed by atoms with Crippen molar-refractivity contribution in [1.82, 2.24) is 4.90 Å². The molecule has 3 saturated carbocycles. The highest BCUT2D eigenvalue weighted by Crippen LogP contribution is 2.67. The van der Waals surface area contributed by atoms with Crippen LogP contribution in [0.25, 0.3) is 0 Å². The summed E-state index contributed by atoms with van der Waals surface area (Å²) in [5, 5.41) is 0. The predicted octanol–water partition coefficient (Wildman–Crippen LogP) is 7.96. The van der Waals surface area contributed by atoms with Crippen molar-refractivity contribution in [2.75, 3.05) is 14.1 Å². The molecule has 0 bridgehead atoms. The van der Waals surface area contributed by atoms with Crippen LogP contribution >= 0.6 is 0 Å². The summed E-state index contributed by atoms with van der Waals surface area (Å²) in [6.45, 7) is 12.8. The molecule has 0 saturated heterocycles. The molecule has 0 N–H and O–H groups in total. The first-order valence-corrected chi connectivity index (χ1v) is 13.5. The van der Waals surface area contributed by atoms with Crippen LogP contribution in [-0.2, 0) is 0 Å². The average molecular weight is 414 g/mol. The molecule has 30 heavy (non-hydrogen) atoms. The standard InChI is InChI=1S/C29H51N/c1-20(2)9-8-10-21(3)25-13-14-26-24-12-11-22-19-23(30(6)7)15-17-28(22,4)27(24)16-18-29(25,26)5/h11,20-21,23-27H,8-10,12-19H2,1-7H3/t21-,23+,24+,25-,26+,27?,28+,29-/m1/s1. The maximum Gasteiger partial charge on any atom is 0.0127 e. The van der Waals surface area contributed by atoms with Crippen LogP contribution in [0.5, 0.6) is 0 Å². The number of allylic oxidation sites excluding steroid dienone is 1. The Morgan fingerprint density at radius 2 is 1.73 bits per heavy atom. The summed E-state index contributed by atoms with van der Waals surface area (Å²) in [5.41, 5.74) is 2.98. The molecule has 0 aliphatic heterocycles. The Balaban J connectivity index is 1.48. The number of rotatable bonds is 6. The molecule has 0 spiro atoms. The predicted molar refractivity (Wildman–Crippen MR) is 131 cm³/mol. The highest BCUT2D eigenvalue weighted by Gasteiger charge is 2.59. The Kier molecular flexibility index (Phi) is 6.53. The molecule has 1 unspecified atom stereocenters. The van der Waals surface area contributed by atoms with E-state index in [2.05, 4.69) is 59.7 Å². The minimum atomic E-state index is 0.512. The normalized spacial score (nSPS) is 44.4. The van der Waals surface area contributed by atoms with Gasteiger partial charge in [-0.15, -0.1) is 0 Å². The van der Waals surface area contributed by atoms with Crippen LogP contribution in [0.4, 0.5) is 0 Å². The Labute approximate surface area is 188 Å². The van der Waals surface area contributed by atoms with Gasteiger partial charge in [0.25, 0.3) is 0 Å². The van der Waals surface area contributed by atoms with Gasteiger partial charge in [-0.05, 0) is 112 Å². The summed E-state index contributed by atoms with van der Waals surface area (Å²) in [6.07, 6.45) is 18.7. The Bertz CT molecular complexity index is 632. The van der Waals surface area contributed by atoms with Crippen LogP contribution in [0.3, 0.4) is 0 Å². The fraction of sp³-hybridized carbons (Fsp3) is 0.931. The molecular weight excluding hydrogens is 362 g/mol. The van der Waals surface area contributed by atoms with Crippen LogP contribution in [0.2, 0.25) is 0 Å². The smallest absolute Gasteiger partial charge is 0.0127 e. The maximum absolute atomic E-state index is 2.75. The number of nitrogens with zero attached hydrogens (tertiary/aromatic N) is 1. The second kappa shape index (κ2) is 8.57. The monoisotopic (exact) mass is 413 g/mol. The summed E-state index contributed by atoms with van der Waals surface area (Å²) in [7, 11) is 4.57. The van der Waals surface area contributed by atoms with Crippen LogP contribution in [0.1, 0.15) is 105 Å². The minimum Gasteiger partial charge on any atom is -0.306 e. The van der Waals surface area contributed by atoms with Gasteiger partial charge < -0.3 is 4.90 Å². The molecule has 172 valence electrons. The quantitative estimate of drug-likeness (QED) is 0.399. The van der Waals surface area contributed by atoms with Gasteiger partial charge in [0.05, 0.1) is 0 Å². The van der Waals surface area contributed by atoms with Gasteiger partial charge in [-0.3, -0.25) is 0 Å². The molecule has 0 radical (unpaired) electrons. The van der Waals surface area contributed by atoms with E-state index in [1.54, 1.807) is 0 Å². The van der Waals surface area contributed by atoms with Gasteiger partial charge >= 0.3 is 0 Å². The highest BCUT2D eigenvalue weighted by molar-refractivity contribution is 5.26. The fourth-order valence-electron chi connectivity index (χ4n) is 9.11. The molecule has 0 aromatic rings. The van der Waals surface area contributed by atoms with Crippen molar-refractivity contribution in [3.8, 4) is 0 Å². The third-order valence-corrected chi connectivity index (χ3v) is 11.0. The molecule has 1 heteroatoms. The molecule has 0 aromatic carbocycles. The lowest BCUT2D eigenvalue weighted by atomic mass is 9.47. The third kappa shape index (κ3) is 3.84. The molecule has 8 atom stereocenters. The van der Waals surface area contributed by atoms with E-state index in [1.165, 1.54) is 70.6 Å². The molecule has 3 fully saturated rings. The van der Waals surface area contributed by atoms with Crippen molar-refractivity contribution >= 4 is 0 Å². The largest absolute Gasteiger partial charge is 0.306 e. The van der Waals surface area contributed by atoms with Crippen LogP contribution in [0, 0.1) is 46.3 Å². The van der Waals surface area contributed by atoms with Gasteiger partial charge in [0.1, 0.15) is 0 Å². The molecule has 0 amide bonds. The zero-order chi connectivity index (χ0) is 21.7.